The van der Waals surface area contributed by atoms with Gasteiger partial charge in [-0.2, -0.15) is 0 Å². The summed E-state index contributed by atoms with van der Waals surface area (Å²) in [4.78, 5) is 13.1. The standard InChI is InChI=1S/C10H7ClFN3O3/c1-18-9-5(2-6(12)4-7(9)11)3-8(10(16)17)14-15-13/h2-4H,1H3,(H,16,17)/b8-3-. The first-order valence-electron chi connectivity index (χ1n) is 4.52. The number of nitrogens with zero attached hydrogens (tertiary/aromatic N) is 3. The van der Waals surface area contributed by atoms with Crippen molar-refractivity contribution in [3.05, 3.63) is 44.7 Å². The molecular weight excluding hydrogens is 265 g/mol. The Morgan fingerprint density at radius 2 is 2.33 bits per heavy atom. The number of rotatable bonds is 4. The number of carbonyl (C=O) groups is 1. The molecular formula is C10H7ClFN3O3. The van der Waals surface area contributed by atoms with E-state index in [9.17, 15) is 9.18 Å². The number of azide groups is 1. The fourth-order valence-corrected chi connectivity index (χ4v) is 1.52. The van der Waals surface area contributed by atoms with Gasteiger partial charge in [-0.1, -0.05) is 16.7 Å². The zero-order valence-corrected chi connectivity index (χ0v) is 9.85. The van der Waals surface area contributed by atoms with E-state index in [1.165, 1.54) is 7.11 Å². The Hall–Kier alpha value is -2.24. The van der Waals surface area contributed by atoms with Crippen molar-refractivity contribution in [3.63, 3.8) is 0 Å². The summed E-state index contributed by atoms with van der Waals surface area (Å²) in [6, 6.07) is 2.03. The number of carboxylic acids is 1. The Morgan fingerprint density at radius 1 is 1.67 bits per heavy atom. The van der Waals surface area contributed by atoms with E-state index in [-0.39, 0.29) is 16.3 Å². The number of halogens is 2. The van der Waals surface area contributed by atoms with Crippen LogP contribution < -0.4 is 4.74 Å². The van der Waals surface area contributed by atoms with Crippen molar-refractivity contribution in [2.75, 3.05) is 7.11 Å². The molecule has 0 saturated heterocycles. The first kappa shape index (κ1) is 13.8. The van der Waals surface area contributed by atoms with Crippen molar-refractivity contribution in [1.82, 2.24) is 0 Å². The highest BCUT2D eigenvalue weighted by Gasteiger charge is 2.12. The SMILES string of the molecule is COc1c(Cl)cc(F)cc1/C=C(\N=[N+]=[N-])C(=O)O. The second-order valence-corrected chi connectivity index (χ2v) is 3.44. The lowest BCUT2D eigenvalue weighted by atomic mass is 10.1. The van der Waals surface area contributed by atoms with Gasteiger partial charge in [0, 0.05) is 10.5 Å². The van der Waals surface area contributed by atoms with Crippen LogP contribution in [0.5, 0.6) is 5.75 Å². The van der Waals surface area contributed by atoms with E-state index < -0.39 is 17.5 Å². The summed E-state index contributed by atoms with van der Waals surface area (Å²) in [5.41, 5.74) is 7.68. The van der Waals surface area contributed by atoms with E-state index in [1.54, 1.807) is 0 Å². The zero-order valence-electron chi connectivity index (χ0n) is 9.09. The average Bonchev–Trinajstić information content (AvgIpc) is 2.27. The lowest BCUT2D eigenvalue weighted by Gasteiger charge is -2.07. The molecule has 0 aromatic heterocycles. The maximum atomic E-state index is 13.2. The first-order valence-corrected chi connectivity index (χ1v) is 4.90. The summed E-state index contributed by atoms with van der Waals surface area (Å²) in [6.45, 7) is 0. The lowest BCUT2D eigenvalue weighted by Crippen LogP contribution is -1.98. The van der Waals surface area contributed by atoms with Crippen molar-refractivity contribution >= 4 is 23.6 Å². The van der Waals surface area contributed by atoms with Crippen LogP contribution in [0.1, 0.15) is 5.56 Å². The van der Waals surface area contributed by atoms with Crippen molar-refractivity contribution in [2.24, 2.45) is 5.11 Å². The molecule has 0 heterocycles. The Kier molecular flexibility index (Phi) is 4.53. The molecule has 0 amide bonds. The highest BCUT2D eigenvalue weighted by molar-refractivity contribution is 6.32. The topological polar surface area (TPSA) is 95.3 Å². The van der Waals surface area contributed by atoms with E-state index in [0.717, 1.165) is 18.2 Å². The molecule has 0 aliphatic rings. The van der Waals surface area contributed by atoms with Crippen LogP contribution in [0.4, 0.5) is 4.39 Å². The lowest BCUT2D eigenvalue weighted by molar-refractivity contribution is -0.132. The van der Waals surface area contributed by atoms with Gasteiger partial charge in [0.05, 0.1) is 12.1 Å². The smallest absolute Gasteiger partial charge is 0.338 e. The molecule has 0 fully saturated rings. The highest BCUT2D eigenvalue weighted by Crippen LogP contribution is 2.31. The van der Waals surface area contributed by atoms with Gasteiger partial charge in [0.2, 0.25) is 0 Å². The number of hydrogen-bond donors (Lipinski definition) is 1. The Balaban J connectivity index is 3.44. The molecule has 1 aromatic carbocycles. The van der Waals surface area contributed by atoms with Crippen molar-refractivity contribution < 1.29 is 19.0 Å². The second-order valence-electron chi connectivity index (χ2n) is 3.03. The van der Waals surface area contributed by atoms with E-state index in [0.29, 0.717) is 0 Å². The number of benzene rings is 1. The molecule has 0 aliphatic carbocycles. The summed E-state index contributed by atoms with van der Waals surface area (Å²) < 4.78 is 18.1. The van der Waals surface area contributed by atoms with Crippen molar-refractivity contribution in [1.29, 1.82) is 0 Å². The summed E-state index contributed by atoms with van der Waals surface area (Å²) in [5, 5.41) is 11.7. The van der Waals surface area contributed by atoms with Gasteiger partial charge in [-0.25, -0.2) is 9.18 Å². The van der Waals surface area contributed by atoms with E-state index in [4.69, 9.17) is 27.0 Å². The van der Waals surface area contributed by atoms with Gasteiger partial charge in [0.25, 0.3) is 0 Å². The Labute approximate surface area is 106 Å². The fourth-order valence-electron chi connectivity index (χ4n) is 1.23. The van der Waals surface area contributed by atoms with Gasteiger partial charge in [-0.15, -0.1) is 0 Å². The summed E-state index contributed by atoms with van der Waals surface area (Å²) in [6.07, 6.45) is 0.968. The number of hydrogen-bond acceptors (Lipinski definition) is 3. The Bertz CT molecular complexity index is 564. The molecule has 0 saturated carbocycles. The Morgan fingerprint density at radius 3 is 2.83 bits per heavy atom. The monoisotopic (exact) mass is 271 g/mol. The number of ether oxygens (including phenoxy) is 1. The molecule has 0 spiro atoms. The molecule has 0 aliphatic heterocycles. The molecule has 1 rings (SSSR count). The largest absolute Gasteiger partial charge is 0.495 e. The molecule has 94 valence electrons. The molecule has 18 heavy (non-hydrogen) atoms. The maximum Gasteiger partial charge on any atom is 0.338 e. The summed E-state index contributed by atoms with van der Waals surface area (Å²) in [5.74, 6) is -2.03. The van der Waals surface area contributed by atoms with Crippen LogP contribution >= 0.6 is 11.6 Å². The van der Waals surface area contributed by atoms with Gasteiger partial charge in [-0.3, -0.25) is 0 Å². The highest BCUT2D eigenvalue weighted by atomic mass is 35.5. The van der Waals surface area contributed by atoms with Crippen LogP contribution in [0.15, 0.2) is 22.9 Å². The fraction of sp³-hybridized carbons (Fsp3) is 0.100. The minimum absolute atomic E-state index is 0.0190. The van der Waals surface area contributed by atoms with Crippen molar-refractivity contribution in [2.45, 2.75) is 0 Å². The number of methoxy groups -OCH3 is 1. The summed E-state index contributed by atoms with van der Waals surface area (Å²) >= 11 is 5.73. The zero-order chi connectivity index (χ0) is 13.7. The molecule has 0 bridgehead atoms. The van der Waals surface area contributed by atoms with Crippen LogP contribution in [0.25, 0.3) is 16.5 Å². The molecule has 6 nitrogen and oxygen atoms in total. The van der Waals surface area contributed by atoms with Crippen LogP contribution in [-0.2, 0) is 4.79 Å². The van der Waals surface area contributed by atoms with E-state index in [1.807, 2.05) is 0 Å². The number of aliphatic carboxylic acids is 1. The third-order valence-corrected chi connectivity index (χ3v) is 2.19. The molecule has 0 unspecified atom stereocenters. The van der Waals surface area contributed by atoms with E-state index in [2.05, 4.69) is 10.0 Å². The molecule has 1 aromatic rings. The minimum atomic E-state index is -1.45. The molecule has 8 heteroatoms. The molecule has 0 radical (unpaired) electrons. The van der Waals surface area contributed by atoms with Gasteiger partial charge >= 0.3 is 5.97 Å². The van der Waals surface area contributed by atoms with Gasteiger partial charge in [0.15, 0.2) is 0 Å². The maximum absolute atomic E-state index is 13.2. The van der Waals surface area contributed by atoms with Gasteiger partial charge < -0.3 is 9.84 Å². The first-order chi connectivity index (χ1) is 8.49. The minimum Gasteiger partial charge on any atom is -0.495 e. The third-order valence-electron chi connectivity index (χ3n) is 1.91. The van der Waals surface area contributed by atoms with Crippen LogP contribution in [0.3, 0.4) is 0 Å². The summed E-state index contributed by atoms with van der Waals surface area (Å²) in [7, 11) is 1.30. The quantitative estimate of drug-likeness (QED) is 0.394. The molecule has 0 atom stereocenters. The predicted molar refractivity (Wildman–Crippen MR) is 62.7 cm³/mol. The average molecular weight is 272 g/mol. The van der Waals surface area contributed by atoms with Gasteiger partial charge in [0.1, 0.15) is 17.3 Å². The van der Waals surface area contributed by atoms with E-state index >= 15 is 0 Å². The van der Waals surface area contributed by atoms with Crippen LogP contribution in [0, 0.1) is 5.82 Å². The predicted octanol–water partition coefficient (Wildman–Crippen LogP) is 3.22. The van der Waals surface area contributed by atoms with Crippen LogP contribution in [-0.4, -0.2) is 18.2 Å². The van der Waals surface area contributed by atoms with Crippen LogP contribution in [0.2, 0.25) is 5.02 Å². The third kappa shape index (κ3) is 3.13. The number of carboxylic acid groups (broad SMARTS) is 1. The van der Waals surface area contributed by atoms with Gasteiger partial charge in [-0.05, 0) is 23.7 Å². The normalized spacial score (nSPS) is 10.7. The second kappa shape index (κ2) is 5.90. The molecule has 1 N–H and O–H groups in total. The van der Waals surface area contributed by atoms with Crippen molar-refractivity contribution in [3.8, 4) is 5.75 Å².